The van der Waals surface area contributed by atoms with Gasteiger partial charge in [-0.25, -0.2) is 9.78 Å². The van der Waals surface area contributed by atoms with E-state index in [4.69, 9.17) is 14.2 Å². The lowest BCUT2D eigenvalue weighted by Crippen LogP contribution is -2.52. The van der Waals surface area contributed by atoms with E-state index in [0.29, 0.717) is 12.4 Å². The standard InChI is InChI=1S/C20H32N2O4/c1-13(2)24-16-8-9-18(21-11-16)25-17-10-15(4)22(12-14(17)3)19(23)26-20(5,6)7/h8-9,11,13-15,17H,10,12H2,1-7H3. The van der Waals surface area contributed by atoms with E-state index < -0.39 is 5.60 Å². The van der Waals surface area contributed by atoms with Crippen molar-refractivity contribution in [1.82, 2.24) is 9.88 Å². The number of hydrogen-bond donors (Lipinski definition) is 0. The molecule has 0 bridgehead atoms. The number of rotatable bonds is 4. The van der Waals surface area contributed by atoms with Crippen LogP contribution in [0.2, 0.25) is 0 Å². The molecule has 0 radical (unpaired) electrons. The molecule has 1 amide bonds. The molecule has 26 heavy (non-hydrogen) atoms. The van der Waals surface area contributed by atoms with Gasteiger partial charge in [0, 0.05) is 31.0 Å². The van der Waals surface area contributed by atoms with Crippen LogP contribution < -0.4 is 9.47 Å². The van der Waals surface area contributed by atoms with Crippen LogP contribution in [0.4, 0.5) is 4.79 Å². The van der Waals surface area contributed by atoms with E-state index in [2.05, 4.69) is 11.9 Å². The molecule has 3 unspecified atom stereocenters. The molecule has 6 nitrogen and oxygen atoms in total. The third-order valence-electron chi connectivity index (χ3n) is 4.21. The Morgan fingerprint density at radius 2 is 1.96 bits per heavy atom. The quantitative estimate of drug-likeness (QED) is 0.798. The molecule has 3 atom stereocenters. The Morgan fingerprint density at radius 1 is 1.27 bits per heavy atom. The van der Waals surface area contributed by atoms with Gasteiger partial charge in [-0.3, -0.25) is 0 Å². The van der Waals surface area contributed by atoms with Gasteiger partial charge in [-0.2, -0.15) is 0 Å². The molecule has 146 valence electrons. The van der Waals surface area contributed by atoms with Crippen LogP contribution in [0.5, 0.6) is 11.6 Å². The van der Waals surface area contributed by atoms with Crippen molar-refractivity contribution in [2.75, 3.05) is 6.54 Å². The molecule has 1 fully saturated rings. The molecule has 1 aromatic rings. The van der Waals surface area contributed by atoms with Gasteiger partial charge in [0.2, 0.25) is 5.88 Å². The van der Waals surface area contributed by atoms with Crippen LogP contribution in [0.3, 0.4) is 0 Å². The van der Waals surface area contributed by atoms with Crippen molar-refractivity contribution in [3.63, 3.8) is 0 Å². The second kappa shape index (κ2) is 8.14. The number of carbonyl (C=O) groups is 1. The molecule has 0 aromatic carbocycles. The van der Waals surface area contributed by atoms with Crippen LogP contribution in [0, 0.1) is 5.92 Å². The largest absolute Gasteiger partial charge is 0.489 e. The number of hydrogen-bond acceptors (Lipinski definition) is 5. The SMILES string of the molecule is CC(C)Oc1ccc(OC2CC(C)N(C(=O)OC(C)(C)C)CC2C)nc1. The van der Waals surface area contributed by atoms with E-state index in [9.17, 15) is 4.79 Å². The van der Waals surface area contributed by atoms with Crippen molar-refractivity contribution in [2.24, 2.45) is 5.92 Å². The molecule has 1 aliphatic rings. The van der Waals surface area contributed by atoms with Crippen molar-refractivity contribution < 1.29 is 19.0 Å². The fraction of sp³-hybridized carbons (Fsp3) is 0.700. The van der Waals surface area contributed by atoms with Crippen LogP contribution in [-0.2, 0) is 4.74 Å². The molecule has 0 N–H and O–H groups in total. The second-order valence-corrected chi connectivity index (χ2v) is 8.35. The third-order valence-corrected chi connectivity index (χ3v) is 4.21. The Morgan fingerprint density at radius 3 is 2.50 bits per heavy atom. The molecular formula is C20H32N2O4. The van der Waals surface area contributed by atoms with E-state index in [1.54, 1.807) is 11.1 Å². The average molecular weight is 364 g/mol. The highest BCUT2D eigenvalue weighted by molar-refractivity contribution is 5.68. The Bertz CT molecular complexity index is 595. The number of ether oxygens (including phenoxy) is 3. The van der Waals surface area contributed by atoms with Gasteiger partial charge in [-0.05, 0) is 47.6 Å². The number of pyridine rings is 1. The lowest BCUT2D eigenvalue weighted by Gasteiger charge is -2.41. The first-order valence-corrected chi connectivity index (χ1v) is 9.34. The summed E-state index contributed by atoms with van der Waals surface area (Å²) in [5, 5.41) is 0. The number of piperidine rings is 1. The molecule has 0 spiro atoms. The summed E-state index contributed by atoms with van der Waals surface area (Å²) in [4.78, 5) is 18.5. The number of amides is 1. The first kappa shape index (κ1) is 20.3. The zero-order valence-electron chi connectivity index (χ0n) is 17.0. The first-order chi connectivity index (χ1) is 12.0. The number of aromatic nitrogens is 1. The topological polar surface area (TPSA) is 60.9 Å². The zero-order chi connectivity index (χ0) is 19.5. The maximum atomic E-state index is 12.4. The van der Waals surface area contributed by atoms with Crippen molar-refractivity contribution in [2.45, 2.75) is 78.7 Å². The molecule has 0 saturated carbocycles. The molecule has 1 aromatic heterocycles. The van der Waals surface area contributed by atoms with Crippen molar-refractivity contribution in [3.05, 3.63) is 18.3 Å². The Labute approximate surface area is 156 Å². The zero-order valence-corrected chi connectivity index (χ0v) is 17.0. The van der Waals surface area contributed by atoms with E-state index in [1.807, 2.05) is 53.7 Å². The molecular weight excluding hydrogens is 332 g/mol. The van der Waals surface area contributed by atoms with Crippen LogP contribution in [0.25, 0.3) is 0 Å². The van der Waals surface area contributed by atoms with Gasteiger partial charge >= 0.3 is 6.09 Å². The highest BCUT2D eigenvalue weighted by Gasteiger charge is 2.37. The summed E-state index contributed by atoms with van der Waals surface area (Å²) in [5.41, 5.74) is -0.489. The normalized spacial score (nSPS) is 23.7. The Hall–Kier alpha value is -1.98. The van der Waals surface area contributed by atoms with Gasteiger partial charge in [0.1, 0.15) is 17.5 Å². The summed E-state index contributed by atoms with van der Waals surface area (Å²) in [6.45, 7) is 14.3. The maximum Gasteiger partial charge on any atom is 0.410 e. The predicted octanol–water partition coefficient (Wildman–Crippen LogP) is 4.28. The van der Waals surface area contributed by atoms with Crippen LogP contribution in [0.1, 0.15) is 54.9 Å². The Balaban J connectivity index is 1.95. The van der Waals surface area contributed by atoms with Crippen molar-refractivity contribution >= 4 is 6.09 Å². The minimum atomic E-state index is -0.489. The summed E-state index contributed by atoms with van der Waals surface area (Å²) in [6, 6.07) is 3.75. The monoisotopic (exact) mass is 364 g/mol. The van der Waals surface area contributed by atoms with Crippen LogP contribution >= 0.6 is 0 Å². The average Bonchev–Trinajstić information content (AvgIpc) is 2.50. The van der Waals surface area contributed by atoms with E-state index >= 15 is 0 Å². The summed E-state index contributed by atoms with van der Waals surface area (Å²) >= 11 is 0. The van der Waals surface area contributed by atoms with Gasteiger partial charge in [0.05, 0.1) is 12.3 Å². The summed E-state index contributed by atoms with van der Waals surface area (Å²) in [5.74, 6) is 1.50. The minimum Gasteiger partial charge on any atom is -0.489 e. The van der Waals surface area contributed by atoms with Gasteiger partial charge in [-0.1, -0.05) is 6.92 Å². The number of nitrogens with zero attached hydrogens (tertiary/aromatic N) is 2. The molecule has 1 saturated heterocycles. The molecule has 2 rings (SSSR count). The molecule has 0 aliphatic carbocycles. The fourth-order valence-corrected chi connectivity index (χ4v) is 2.98. The second-order valence-electron chi connectivity index (χ2n) is 8.35. The van der Waals surface area contributed by atoms with Crippen molar-refractivity contribution in [1.29, 1.82) is 0 Å². The highest BCUT2D eigenvalue weighted by atomic mass is 16.6. The van der Waals surface area contributed by atoms with Gasteiger partial charge in [0.25, 0.3) is 0 Å². The van der Waals surface area contributed by atoms with Crippen LogP contribution in [-0.4, -0.2) is 46.4 Å². The predicted molar refractivity (Wildman–Crippen MR) is 101 cm³/mol. The molecule has 2 heterocycles. The Kier molecular flexibility index (Phi) is 6.37. The molecule has 6 heteroatoms. The lowest BCUT2D eigenvalue weighted by molar-refractivity contribution is -0.0172. The summed E-state index contributed by atoms with van der Waals surface area (Å²) in [6.07, 6.45) is 2.28. The smallest absolute Gasteiger partial charge is 0.410 e. The van der Waals surface area contributed by atoms with E-state index in [1.165, 1.54) is 0 Å². The maximum absolute atomic E-state index is 12.4. The van der Waals surface area contributed by atoms with Crippen LogP contribution in [0.15, 0.2) is 18.3 Å². The molecule has 1 aliphatic heterocycles. The summed E-state index contributed by atoms with van der Waals surface area (Å²) in [7, 11) is 0. The lowest BCUT2D eigenvalue weighted by atomic mass is 9.92. The highest BCUT2D eigenvalue weighted by Crippen LogP contribution is 2.28. The van der Waals surface area contributed by atoms with E-state index in [-0.39, 0.29) is 30.3 Å². The van der Waals surface area contributed by atoms with Gasteiger partial charge in [0.15, 0.2) is 0 Å². The number of likely N-dealkylation sites (tertiary alicyclic amines) is 1. The van der Waals surface area contributed by atoms with Gasteiger partial charge < -0.3 is 19.1 Å². The summed E-state index contributed by atoms with van der Waals surface area (Å²) < 4.78 is 17.2. The number of carbonyl (C=O) groups excluding carboxylic acids is 1. The van der Waals surface area contributed by atoms with E-state index in [0.717, 1.165) is 12.2 Å². The third kappa shape index (κ3) is 5.78. The van der Waals surface area contributed by atoms with Gasteiger partial charge in [-0.15, -0.1) is 0 Å². The fourth-order valence-electron chi connectivity index (χ4n) is 2.98. The first-order valence-electron chi connectivity index (χ1n) is 9.34. The van der Waals surface area contributed by atoms with Crippen molar-refractivity contribution in [3.8, 4) is 11.6 Å². The minimum absolute atomic E-state index is 0.00746.